The van der Waals surface area contributed by atoms with E-state index in [1.807, 2.05) is 18.3 Å². The molecule has 0 aliphatic carbocycles. The molecule has 0 amide bonds. The smallest absolute Gasteiger partial charge is 0.0632 e. The number of aryl methyl sites for hydroxylation is 1. The normalized spacial score (nSPS) is 11.5. The van der Waals surface area contributed by atoms with Gasteiger partial charge in [-0.05, 0) is 44.5 Å². The van der Waals surface area contributed by atoms with Crippen LogP contribution < -0.4 is 0 Å². The summed E-state index contributed by atoms with van der Waals surface area (Å²) in [7, 11) is 0. The lowest BCUT2D eigenvalue weighted by Crippen LogP contribution is -1.95. The van der Waals surface area contributed by atoms with E-state index in [4.69, 9.17) is 0 Å². The lowest BCUT2D eigenvalue weighted by atomic mass is 10.2. The molecule has 0 spiro atoms. The van der Waals surface area contributed by atoms with Crippen LogP contribution in [0.1, 0.15) is 31.0 Å². The van der Waals surface area contributed by atoms with Gasteiger partial charge in [0.2, 0.25) is 0 Å². The van der Waals surface area contributed by atoms with Crippen LogP contribution in [-0.4, -0.2) is 10.8 Å². The van der Waals surface area contributed by atoms with Gasteiger partial charge in [-0.25, -0.2) is 0 Å². The van der Waals surface area contributed by atoms with Crippen molar-refractivity contribution in [1.82, 2.24) is 4.57 Å². The molecule has 2 rings (SSSR count). The van der Waals surface area contributed by atoms with Crippen molar-refractivity contribution in [2.75, 3.05) is 0 Å². The Morgan fingerprint density at radius 1 is 1.24 bits per heavy atom. The second-order valence-corrected chi connectivity index (χ2v) is 4.58. The van der Waals surface area contributed by atoms with Crippen molar-refractivity contribution in [1.29, 1.82) is 0 Å². The number of benzene rings is 1. The lowest BCUT2D eigenvalue weighted by Gasteiger charge is -2.04. The van der Waals surface area contributed by atoms with Crippen LogP contribution in [0.2, 0.25) is 0 Å². The van der Waals surface area contributed by atoms with Crippen molar-refractivity contribution in [3.8, 4) is 0 Å². The number of nitrogens with zero attached hydrogens (tertiary/aromatic N) is 2. The maximum atomic E-state index is 4.47. The third-order valence-corrected chi connectivity index (χ3v) is 2.70. The lowest BCUT2D eigenvalue weighted by molar-refractivity contribution is 0.603. The predicted octanol–water partition coefficient (Wildman–Crippen LogP) is 4.13. The first-order valence-corrected chi connectivity index (χ1v) is 5.93. The molecule has 88 valence electrons. The second kappa shape index (κ2) is 5.00. The van der Waals surface area contributed by atoms with E-state index in [1.165, 1.54) is 5.56 Å². The van der Waals surface area contributed by atoms with Crippen LogP contribution in [-0.2, 0) is 0 Å². The minimum atomic E-state index is 0.496. The van der Waals surface area contributed by atoms with E-state index >= 15 is 0 Å². The van der Waals surface area contributed by atoms with E-state index in [0.29, 0.717) is 6.04 Å². The maximum absolute atomic E-state index is 4.47. The van der Waals surface area contributed by atoms with Crippen molar-refractivity contribution >= 4 is 11.9 Å². The van der Waals surface area contributed by atoms with Crippen LogP contribution in [0, 0.1) is 6.92 Å². The zero-order valence-electron chi connectivity index (χ0n) is 10.6. The summed E-state index contributed by atoms with van der Waals surface area (Å²) in [5, 5.41) is 0. The van der Waals surface area contributed by atoms with Crippen molar-refractivity contribution in [2.24, 2.45) is 4.99 Å². The molecule has 1 heterocycles. The standard InChI is InChI=1S/C15H18N2/c1-12(2)17-8-7-14(11-17)10-16-15-6-4-5-13(3)9-15/h4-12H,1-3H3. The molecule has 2 nitrogen and oxygen atoms in total. The molecule has 2 heteroatoms. The quantitative estimate of drug-likeness (QED) is 0.700. The first-order valence-electron chi connectivity index (χ1n) is 5.93. The van der Waals surface area contributed by atoms with Gasteiger partial charge in [0.25, 0.3) is 0 Å². The molecule has 0 N–H and O–H groups in total. The van der Waals surface area contributed by atoms with E-state index in [1.54, 1.807) is 0 Å². The minimum Gasteiger partial charge on any atom is -0.351 e. The predicted molar refractivity (Wildman–Crippen MR) is 73.3 cm³/mol. The molecule has 0 unspecified atom stereocenters. The summed E-state index contributed by atoms with van der Waals surface area (Å²) in [5.41, 5.74) is 3.38. The van der Waals surface area contributed by atoms with Gasteiger partial charge < -0.3 is 4.57 Å². The summed E-state index contributed by atoms with van der Waals surface area (Å²) in [6.45, 7) is 6.41. The van der Waals surface area contributed by atoms with Crippen LogP contribution in [0.15, 0.2) is 47.7 Å². The van der Waals surface area contributed by atoms with Crippen molar-refractivity contribution in [3.05, 3.63) is 53.9 Å². The molecule has 0 fully saturated rings. The number of aliphatic imine (C=N–C) groups is 1. The third-order valence-electron chi connectivity index (χ3n) is 2.70. The summed E-state index contributed by atoms with van der Waals surface area (Å²) in [4.78, 5) is 4.47. The van der Waals surface area contributed by atoms with Gasteiger partial charge in [0, 0.05) is 30.2 Å². The third kappa shape index (κ3) is 3.06. The first kappa shape index (κ1) is 11.6. The fraction of sp³-hybridized carbons (Fsp3) is 0.267. The number of aromatic nitrogens is 1. The van der Waals surface area contributed by atoms with Gasteiger partial charge in [0.15, 0.2) is 0 Å². The van der Waals surface area contributed by atoms with Crippen molar-refractivity contribution < 1.29 is 0 Å². The van der Waals surface area contributed by atoms with Crippen LogP contribution in [0.4, 0.5) is 5.69 Å². The topological polar surface area (TPSA) is 17.3 Å². The fourth-order valence-electron chi connectivity index (χ4n) is 1.69. The highest BCUT2D eigenvalue weighted by Gasteiger charge is 1.97. The number of rotatable bonds is 3. The van der Waals surface area contributed by atoms with E-state index in [-0.39, 0.29) is 0 Å². The summed E-state index contributed by atoms with van der Waals surface area (Å²) < 4.78 is 2.18. The monoisotopic (exact) mass is 226 g/mol. The maximum Gasteiger partial charge on any atom is 0.0632 e. The van der Waals surface area contributed by atoms with Crippen LogP contribution in [0.25, 0.3) is 0 Å². The van der Waals surface area contributed by atoms with Gasteiger partial charge in [-0.1, -0.05) is 12.1 Å². The summed E-state index contributed by atoms with van der Waals surface area (Å²) in [6.07, 6.45) is 6.11. The Labute approximate surface area is 103 Å². The van der Waals surface area contributed by atoms with Crippen LogP contribution in [0.5, 0.6) is 0 Å². The van der Waals surface area contributed by atoms with E-state index < -0.39 is 0 Å². The molecule has 1 aromatic heterocycles. The van der Waals surface area contributed by atoms with Crippen LogP contribution >= 0.6 is 0 Å². The zero-order valence-corrected chi connectivity index (χ0v) is 10.6. The Morgan fingerprint density at radius 2 is 2.06 bits per heavy atom. The summed E-state index contributed by atoms with van der Waals surface area (Å²) >= 11 is 0. The Bertz CT molecular complexity index is 521. The highest BCUT2D eigenvalue weighted by Crippen LogP contribution is 2.14. The second-order valence-electron chi connectivity index (χ2n) is 4.58. The van der Waals surface area contributed by atoms with Gasteiger partial charge in [-0.15, -0.1) is 0 Å². The summed E-state index contributed by atoms with van der Waals surface area (Å²) in [6, 6.07) is 10.8. The molecular weight excluding hydrogens is 208 g/mol. The van der Waals surface area contributed by atoms with Gasteiger partial charge in [-0.2, -0.15) is 0 Å². The molecular formula is C15H18N2. The van der Waals surface area contributed by atoms with Crippen molar-refractivity contribution in [3.63, 3.8) is 0 Å². The largest absolute Gasteiger partial charge is 0.351 e. The average molecular weight is 226 g/mol. The molecule has 1 aromatic carbocycles. The molecule has 0 radical (unpaired) electrons. The first-order chi connectivity index (χ1) is 8.15. The molecule has 0 aliphatic heterocycles. The number of hydrogen-bond acceptors (Lipinski definition) is 1. The Kier molecular flexibility index (Phi) is 3.43. The molecule has 0 saturated heterocycles. The van der Waals surface area contributed by atoms with E-state index in [2.05, 4.69) is 60.9 Å². The molecule has 17 heavy (non-hydrogen) atoms. The Morgan fingerprint density at radius 3 is 2.71 bits per heavy atom. The van der Waals surface area contributed by atoms with Gasteiger partial charge >= 0.3 is 0 Å². The zero-order chi connectivity index (χ0) is 12.3. The van der Waals surface area contributed by atoms with Gasteiger partial charge in [0.1, 0.15) is 0 Å². The highest BCUT2D eigenvalue weighted by atomic mass is 15.0. The minimum absolute atomic E-state index is 0.496. The summed E-state index contributed by atoms with van der Waals surface area (Å²) in [5.74, 6) is 0. The van der Waals surface area contributed by atoms with Crippen LogP contribution in [0.3, 0.4) is 0 Å². The van der Waals surface area contributed by atoms with Gasteiger partial charge in [0.05, 0.1) is 5.69 Å². The molecule has 0 saturated carbocycles. The highest BCUT2D eigenvalue weighted by molar-refractivity contribution is 5.81. The SMILES string of the molecule is Cc1cccc(N=Cc2ccn(C(C)C)c2)c1. The van der Waals surface area contributed by atoms with Gasteiger partial charge in [-0.3, -0.25) is 4.99 Å². The average Bonchev–Trinajstić information content (AvgIpc) is 2.75. The fourth-order valence-corrected chi connectivity index (χ4v) is 1.69. The van der Waals surface area contributed by atoms with E-state index in [9.17, 15) is 0 Å². The molecule has 0 bridgehead atoms. The number of hydrogen-bond donors (Lipinski definition) is 0. The van der Waals surface area contributed by atoms with E-state index in [0.717, 1.165) is 11.3 Å². The Balaban J connectivity index is 2.14. The van der Waals surface area contributed by atoms with Crippen molar-refractivity contribution in [2.45, 2.75) is 26.8 Å². The Hall–Kier alpha value is -1.83. The molecule has 0 aliphatic rings. The molecule has 0 atom stereocenters. The molecule has 2 aromatic rings.